The minimum atomic E-state index is -4.41. The summed E-state index contributed by atoms with van der Waals surface area (Å²) < 4.78 is 39.2. The molecule has 3 aromatic carbocycles. The highest BCUT2D eigenvalue weighted by molar-refractivity contribution is 7.14. The number of anilines is 1. The Hall–Kier alpha value is -4.18. The molecular formula is C30H28F3N3O3S. The van der Waals surface area contributed by atoms with Gasteiger partial charge in [0.15, 0.2) is 5.13 Å². The van der Waals surface area contributed by atoms with Gasteiger partial charge in [-0.2, -0.15) is 13.2 Å². The predicted molar refractivity (Wildman–Crippen MR) is 149 cm³/mol. The molecule has 0 aliphatic rings. The molecule has 0 aliphatic carbocycles. The first-order chi connectivity index (χ1) is 19.0. The molecule has 208 valence electrons. The smallest absolute Gasteiger partial charge is 0.416 e. The highest BCUT2D eigenvalue weighted by Gasteiger charge is 2.30. The van der Waals surface area contributed by atoms with E-state index in [0.717, 1.165) is 40.1 Å². The van der Waals surface area contributed by atoms with Gasteiger partial charge in [-0.25, -0.2) is 4.98 Å². The average molecular weight is 568 g/mol. The minimum Gasteiger partial charge on any atom is -0.481 e. The van der Waals surface area contributed by atoms with Gasteiger partial charge in [0.25, 0.3) is 5.91 Å². The second-order valence-electron chi connectivity index (χ2n) is 9.48. The molecule has 1 aromatic heterocycles. The summed E-state index contributed by atoms with van der Waals surface area (Å²) in [4.78, 5) is 29.8. The number of thiazole rings is 1. The molecule has 0 saturated carbocycles. The van der Waals surface area contributed by atoms with E-state index in [9.17, 15) is 22.8 Å². The Morgan fingerprint density at radius 2 is 1.57 bits per heavy atom. The van der Waals surface area contributed by atoms with Crippen LogP contribution in [0.4, 0.5) is 18.3 Å². The van der Waals surface area contributed by atoms with Gasteiger partial charge in [0, 0.05) is 36.1 Å². The Kier molecular flexibility index (Phi) is 8.89. The molecule has 4 aromatic rings. The summed E-state index contributed by atoms with van der Waals surface area (Å²) in [6, 6.07) is 18.2. The zero-order valence-electron chi connectivity index (χ0n) is 22.0. The lowest BCUT2D eigenvalue weighted by Crippen LogP contribution is -2.26. The van der Waals surface area contributed by atoms with Gasteiger partial charge in [0.05, 0.1) is 17.7 Å². The Morgan fingerprint density at radius 3 is 2.15 bits per heavy atom. The molecule has 0 fully saturated rings. The first kappa shape index (κ1) is 28.8. The fraction of sp³-hybridized carbons (Fsp3) is 0.233. The SMILES string of the molecule is Cc1ccc(-c2csc(N(Cc3ccc(C(=O)NCCC(=O)O)cc3)Cc3ccc(C(F)(F)F)cc3)n2)c(C)c1. The standard InChI is InChI=1S/C30H28F3N3O3S/c1-19-3-12-25(20(2)15-19)26-18-40-29(35-26)36(17-22-6-10-24(11-7-22)30(31,32)33)16-21-4-8-23(9-5-21)28(39)34-14-13-27(37)38/h3-12,15,18H,13-14,16-17H2,1-2H3,(H,34,39)(H,37,38). The number of nitrogens with one attached hydrogen (secondary N) is 1. The van der Waals surface area contributed by atoms with Gasteiger partial charge in [-0.3, -0.25) is 9.59 Å². The molecule has 2 N–H and O–H groups in total. The van der Waals surface area contributed by atoms with E-state index < -0.39 is 17.7 Å². The van der Waals surface area contributed by atoms with Crippen molar-refractivity contribution in [2.75, 3.05) is 11.4 Å². The van der Waals surface area contributed by atoms with Crippen LogP contribution in [-0.4, -0.2) is 28.5 Å². The number of aliphatic carboxylic acids is 1. The zero-order chi connectivity index (χ0) is 28.9. The molecule has 1 amide bonds. The number of hydrogen-bond donors (Lipinski definition) is 2. The van der Waals surface area contributed by atoms with Crippen LogP contribution in [0.3, 0.4) is 0 Å². The van der Waals surface area contributed by atoms with Gasteiger partial charge < -0.3 is 15.3 Å². The molecule has 0 unspecified atom stereocenters. The quantitative estimate of drug-likeness (QED) is 0.219. The zero-order valence-corrected chi connectivity index (χ0v) is 22.8. The van der Waals surface area contributed by atoms with Gasteiger partial charge >= 0.3 is 12.1 Å². The first-order valence-corrected chi connectivity index (χ1v) is 13.4. The van der Waals surface area contributed by atoms with Crippen molar-refractivity contribution in [2.24, 2.45) is 0 Å². The monoisotopic (exact) mass is 567 g/mol. The van der Waals surface area contributed by atoms with Crippen LogP contribution in [0.1, 0.15) is 44.6 Å². The number of carboxylic acid groups (broad SMARTS) is 1. The van der Waals surface area contributed by atoms with E-state index in [4.69, 9.17) is 10.1 Å². The maximum atomic E-state index is 13.1. The Bertz CT molecular complexity index is 1480. The predicted octanol–water partition coefficient (Wildman–Crippen LogP) is 6.86. The number of alkyl halides is 3. The maximum Gasteiger partial charge on any atom is 0.416 e. The van der Waals surface area contributed by atoms with Crippen molar-refractivity contribution in [3.05, 3.63) is 105 Å². The highest BCUT2D eigenvalue weighted by Crippen LogP contribution is 2.33. The number of rotatable bonds is 10. The van der Waals surface area contributed by atoms with Crippen LogP contribution in [0, 0.1) is 13.8 Å². The summed E-state index contributed by atoms with van der Waals surface area (Å²) in [7, 11) is 0. The number of amides is 1. The van der Waals surface area contributed by atoms with E-state index in [1.807, 2.05) is 36.3 Å². The lowest BCUT2D eigenvalue weighted by molar-refractivity contribution is -0.138. The van der Waals surface area contributed by atoms with Crippen molar-refractivity contribution in [3.8, 4) is 11.3 Å². The van der Waals surface area contributed by atoms with E-state index in [0.29, 0.717) is 29.3 Å². The fourth-order valence-electron chi connectivity index (χ4n) is 4.21. The third-order valence-electron chi connectivity index (χ3n) is 6.29. The van der Waals surface area contributed by atoms with Gasteiger partial charge in [-0.15, -0.1) is 11.3 Å². The Balaban J connectivity index is 1.57. The third kappa shape index (κ3) is 7.47. The van der Waals surface area contributed by atoms with Crippen molar-refractivity contribution in [1.29, 1.82) is 0 Å². The summed E-state index contributed by atoms with van der Waals surface area (Å²) in [5.74, 6) is -1.36. The summed E-state index contributed by atoms with van der Waals surface area (Å²) in [6.07, 6.45) is -4.57. The number of carbonyl (C=O) groups excluding carboxylic acids is 1. The van der Waals surface area contributed by atoms with Crippen molar-refractivity contribution in [3.63, 3.8) is 0 Å². The van der Waals surface area contributed by atoms with Crippen molar-refractivity contribution >= 4 is 28.3 Å². The summed E-state index contributed by atoms with van der Waals surface area (Å²) >= 11 is 1.45. The lowest BCUT2D eigenvalue weighted by atomic mass is 10.0. The largest absolute Gasteiger partial charge is 0.481 e. The normalized spacial score (nSPS) is 11.3. The number of aromatic nitrogens is 1. The van der Waals surface area contributed by atoms with E-state index in [1.54, 1.807) is 24.3 Å². The van der Waals surface area contributed by atoms with Crippen LogP contribution in [0.25, 0.3) is 11.3 Å². The van der Waals surface area contributed by atoms with Gasteiger partial charge in [-0.05, 0) is 54.8 Å². The summed E-state index contributed by atoms with van der Waals surface area (Å²) in [5.41, 5.74) is 5.36. The Morgan fingerprint density at radius 1 is 0.950 bits per heavy atom. The molecule has 0 aliphatic heterocycles. The van der Waals surface area contributed by atoms with Crippen LogP contribution in [-0.2, 0) is 24.1 Å². The van der Waals surface area contributed by atoms with Gasteiger partial charge in [0.2, 0.25) is 0 Å². The lowest BCUT2D eigenvalue weighted by Gasteiger charge is -2.23. The number of hydrogen-bond acceptors (Lipinski definition) is 5. The van der Waals surface area contributed by atoms with Crippen LogP contribution >= 0.6 is 11.3 Å². The number of halogens is 3. The van der Waals surface area contributed by atoms with E-state index in [-0.39, 0.29) is 18.9 Å². The van der Waals surface area contributed by atoms with Crippen LogP contribution in [0.2, 0.25) is 0 Å². The van der Waals surface area contributed by atoms with Crippen molar-refractivity contribution < 1.29 is 27.9 Å². The average Bonchev–Trinajstić information content (AvgIpc) is 3.38. The van der Waals surface area contributed by atoms with Crippen LogP contribution in [0.5, 0.6) is 0 Å². The number of carbonyl (C=O) groups is 2. The number of benzene rings is 3. The highest BCUT2D eigenvalue weighted by atomic mass is 32.1. The molecule has 0 atom stereocenters. The molecule has 4 rings (SSSR count). The number of carboxylic acids is 1. The molecule has 0 saturated heterocycles. The van der Waals surface area contributed by atoms with E-state index in [1.165, 1.54) is 23.5 Å². The number of aryl methyl sites for hydroxylation is 2. The first-order valence-electron chi connectivity index (χ1n) is 12.5. The van der Waals surface area contributed by atoms with Crippen molar-refractivity contribution in [2.45, 2.75) is 39.5 Å². The molecule has 0 radical (unpaired) electrons. The van der Waals surface area contributed by atoms with E-state index >= 15 is 0 Å². The Labute approximate surface area is 234 Å². The second-order valence-corrected chi connectivity index (χ2v) is 10.3. The summed E-state index contributed by atoms with van der Waals surface area (Å²) in [6.45, 7) is 4.82. The third-order valence-corrected chi connectivity index (χ3v) is 7.19. The second kappa shape index (κ2) is 12.3. The molecule has 6 nitrogen and oxygen atoms in total. The maximum absolute atomic E-state index is 13.1. The number of nitrogens with zero attached hydrogens (tertiary/aromatic N) is 2. The van der Waals surface area contributed by atoms with Gasteiger partial charge in [-0.1, -0.05) is 48.0 Å². The van der Waals surface area contributed by atoms with Crippen molar-refractivity contribution in [1.82, 2.24) is 10.3 Å². The van der Waals surface area contributed by atoms with Crippen LogP contribution < -0.4 is 10.2 Å². The minimum absolute atomic E-state index is 0.0314. The molecular weight excluding hydrogens is 539 g/mol. The molecule has 0 bridgehead atoms. The fourth-order valence-corrected chi connectivity index (χ4v) is 5.04. The van der Waals surface area contributed by atoms with Crippen LogP contribution in [0.15, 0.2) is 72.1 Å². The summed E-state index contributed by atoms with van der Waals surface area (Å²) in [5, 5.41) is 14.0. The molecule has 40 heavy (non-hydrogen) atoms. The topological polar surface area (TPSA) is 82.5 Å². The van der Waals surface area contributed by atoms with E-state index in [2.05, 4.69) is 11.4 Å². The van der Waals surface area contributed by atoms with Gasteiger partial charge in [0.1, 0.15) is 0 Å². The molecule has 0 spiro atoms. The molecule has 10 heteroatoms. The molecule has 1 heterocycles.